The maximum atomic E-state index is 12.7. The Labute approximate surface area is 142 Å². The molecule has 0 radical (unpaired) electrons. The predicted octanol–water partition coefficient (Wildman–Crippen LogP) is 4.08. The topological polar surface area (TPSA) is 54.6 Å². The Balaban J connectivity index is 1.85. The first kappa shape index (κ1) is 16.8. The highest BCUT2D eigenvalue weighted by molar-refractivity contribution is 5.83. The summed E-state index contributed by atoms with van der Waals surface area (Å²) in [4.78, 5) is 17.7. The van der Waals surface area contributed by atoms with Gasteiger partial charge in [0.25, 0.3) is 0 Å². The van der Waals surface area contributed by atoms with Gasteiger partial charge in [-0.25, -0.2) is 4.79 Å². The van der Waals surface area contributed by atoms with E-state index in [1.165, 1.54) is 10.9 Å². The van der Waals surface area contributed by atoms with Gasteiger partial charge >= 0.3 is 6.09 Å². The smallest absolute Gasteiger partial charge is 0.412 e. The number of H-pyrrole nitrogens is 1. The van der Waals surface area contributed by atoms with E-state index < -0.39 is 11.3 Å². The van der Waals surface area contributed by atoms with Gasteiger partial charge in [0.1, 0.15) is 11.3 Å². The van der Waals surface area contributed by atoms with Crippen LogP contribution in [0.4, 0.5) is 4.79 Å². The molecule has 1 N–H and O–H groups in total. The minimum absolute atomic E-state index is 0.0472. The molecule has 1 aromatic carbocycles. The molecule has 2 heterocycles. The number of para-hydroxylation sites is 1. The first-order valence-corrected chi connectivity index (χ1v) is 8.39. The van der Waals surface area contributed by atoms with Gasteiger partial charge in [-0.3, -0.25) is 4.90 Å². The molecule has 2 aromatic rings. The third kappa shape index (κ3) is 3.26. The molecule has 1 saturated heterocycles. The van der Waals surface area contributed by atoms with Crippen LogP contribution in [-0.4, -0.2) is 40.0 Å². The van der Waals surface area contributed by atoms with Crippen LogP contribution < -0.4 is 0 Å². The third-order valence-corrected chi connectivity index (χ3v) is 4.29. The standard InChI is InChI=1S/C19H26N2O3/c1-18(2,3)24-17(22)21-14(12-23-19(21,4)5)10-13-11-20-16-9-7-6-8-15(13)16/h6-9,11,14,20H,10,12H2,1-5H3/t14-/m1/s1. The molecule has 1 aromatic heterocycles. The Bertz CT molecular complexity index is 742. The van der Waals surface area contributed by atoms with Crippen molar-refractivity contribution in [2.45, 2.75) is 58.4 Å². The summed E-state index contributed by atoms with van der Waals surface area (Å²) in [5, 5.41) is 1.19. The zero-order chi connectivity index (χ0) is 17.5. The summed E-state index contributed by atoms with van der Waals surface area (Å²) in [6, 6.07) is 8.14. The molecule has 0 spiro atoms. The molecule has 24 heavy (non-hydrogen) atoms. The average Bonchev–Trinajstić information content (AvgIpc) is 2.99. The molecule has 0 unspecified atom stereocenters. The number of nitrogens with one attached hydrogen (secondary N) is 1. The van der Waals surface area contributed by atoms with Gasteiger partial charge in [-0.2, -0.15) is 0 Å². The zero-order valence-corrected chi connectivity index (χ0v) is 15.1. The van der Waals surface area contributed by atoms with Gasteiger partial charge in [-0.05, 0) is 52.7 Å². The van der Waals surface area contributed by atoms with E-state index in [4.69, 9.17) is 9.47 Å². The number of fused-ring (bicyclic) bond motifs is 1. The number of nitrogens with zero attached hydrogens (tertiary/aromatic N) is 1. The molecule has 1 aliphatic heterocycles. The number of amides is 1. The van der Waals surface area contributed by atoms with E-state index in [0.29, 0.717) is 6.61 Å². The number of rotatable bonds is 2. The highest BCUT2D eigenvalue weighted by Crippen LogP contribution is 2.32. The summed E-state index contributed by atoms with van der Waals surface area (Å²) in [5.41, 5.74) is 1.10. The van der Waals surface area contributed by atoms with Crippen LogP contribution in [0.5, 0.6) is 0 Å². The number of carbonyl (C=O) groups excluding carboxylic acids is 1. The average molecular weight is 330 g/mol. The third-order valence-electron chi connectivity index (χ3n) is 4.29. The highest BCUT2D eigenvalue weighted by Gasteiger charge is 2.45. The van der Waals surface area contributed by atoms with Crippen molar-refractivity contribution in [3.63, 3.8) is 0 Å². The second kappa shape index (κ2) is 5.81. The lowest BCUT2D eigenvalue weighted by molar-refractivity contribution is -0.0623. The Kier molecular flexibility index (Phi) is 4.08. The molecule has 0 bridgehead atoms. The van der Waals surface area contributed by atoms with Crippen LogP contribution in [0.25, 0.3) is 10.9 Å². The van der Waals surface area contributed by atoms with Gasteiger partial charge in [-0.15, -0.1) is 0 Å². The molecule has 1 atom stereocenters. The summed E-state index contributed by atoms with van der Waals surface area (Å²) in [7, 11) is 0. The van der Waals surface area contributed by atoms with Gasteiger partial charge in [0.05, 0.1) is 12.6 Å². The van der Waals surface area contributed by atoms with Crippen LogP contribution in [-0.2, 0) is 15.9 Å². The molecule has 130 valence electrons. The van der Waals surface area contributed by atoms with Crippen molar-refractivity contribution in [2.24, 2.45) is 0 Å². The Morgan fingerprint density at radius 1 is 1.38 bits per heavy atom. The molecule has 1 amide bonds. The maximum absolute atomic E-state index is 12.7. The van der Waals surface area contributed by atoms with Crippen molar-refractivity contribution in [3.05, 3.63) is 36.0 Å². The molecule has 1 fully saturated rings. The van der Waals surface area contributed by atoms with Crippen molar-refractivity contribution in [1.29, 1.82) is 0 Å². The van der Waals surface area contributed by atoms with Crippen molar-refractivity contribution >= 4 is 17.0 Å². The SMILES string of the molecule is CC(C)(C)OC(=O)N1[C@H](Cc2c[nH]c3ccccc23)COC1(C)C. The van der Waals surface area contributed by atoms with E-state index in [-0.39, 0.29) is 12.1 Å². The molecule has 0 aliphatic carbocycles. The quantitative estimate of drug-likeness (QED) is 0.902. The van der Waals surface area contributed by atoms with E-state index >= 15 is 0 Å². The van der Waals surface area contributed by atoms with E-state index in [9.17, 15) is 4.79 Å². The molecule has 5 nitrogen and oxygen atoms in total. The number of aromatic nitrogens is 1. The van der Waals surface area contributed by atoms with E-state index in [1.54, 1.807) is 4.90 Å². The zero-order valence-electron chi connectivity index (χ0n) is 15.1. The van der Waals surface area contributed by atoms with Gasteiger partial charge in [0, 0.05) is 17.1 Å². The fraction of sp³-hybridized carbons (Fsp3) is 0.526. The van der Waals surface area contributed by atoms with Crippen molar-refractivity contribution < 1.29 is 14.3 Å². The Hall–Kier alpha value is -2.01. The second-order valence-corrected chi connectivity index (χ2v) is 7.83. The van der Waals surface area contributed by atoms with Gasteiger partial charge in [0.15, 0.2) is 0 Å². The second-order valence-electron chi connectivity index (χ2n) is 7.83. The van der Waals surface area contributed by atoms with Crippen molar-refractivity contribution in [3.8, 4) is 0 Å². The fourth-order valence-corrected chi connectivity index (χ4v) is 3.27. The van der Waals surface area contributed by atoms with E-state index in [0.717, 1.165) is 11.9 Å². The van der Waals surface area contributed by atoms with Crippen LogP contribution in [0, 0.1) is 0 Å². The predicted molar refractivity (Wildman–Crippen MR) is 93.9 cm³/mol. The summed E-state index contributed by atoms with van der Waals surface area (Å²) >= 11 is 0. The Morgan fingerprint density at radius 3 is 2.79 bits per heavy atom. The lowest BCUT2D eigenvalue weighted by atomic mass is 10.0. The molecule has 3 rings (SSSR count). The molecule has 5 heteroatoms. The lowest BCUT2D eigenvalue weighted by Crippen LogP contribution is -2.50. The highest BCUT2D eigenvalue weighted by atomic mass is 16.6. The molecular weight excluding hydrogens is 304 g/mol. The maximum Gasteiger partial charge on any atom is 0.412 e. The monoisotopic (exact) mass is 330 g/mol. The van der Waals surface area contributed by atoms with Crippen LogP contribution in [0.15, 0.2) is 30.5 Å². The number of carbonyl (C=O) groups is 1. The summed E-state index contributed by atoms with van der Waals surface area (Å²) < 4.78 is 11.5. The van der Waals surface area contributed by atoms with Crippen LogP contribution in [0.1, 0.15) is 40.2 Å². The lowest BCUT2D eigenvalue weighted by Gasteiger charge is -2.35. The summed E-state index contributed by atoms with van der Waals surface area (Å²) in [6.45, 7) is 9.96. The molecule has 1 aliphatic rings. The van der Waals surface area contributed by atoms with Crippen LogP contribution in [0.2, 0.25) is 0 Å². The fourth-order valence-electron chi connectivity index (χ4n) is 3.27. The molecular formula is C19H26N2O3. The normalized spacial score (nSPS) is 20.5. The van der Waals surface area contributed by atoms with Gasteiger partial charge in [-0.1, -0.05) is 18.2 Å². The van der Waals surface area contributed by atoms with Gasteiger partial charge in [0.2, 0.25) is 0 Å². The summed E-state index contributed by atoms with van der Waals surface area (Å²) in [6.07, 6.45) is 2.42. The number of benzene rings is 1. The van der Waals surface area contributed by atoms with E-state index in [1.807, 2.05) is 52.9 Å². The Morgan fingerprint density at radius 2 is 2.08 bits per heavy atom. The first-order valence-electron chi connectivity index (χ1n) is 8.39. The minimum Gasteiger partial charge on any atom is -0.444 e. The van der Waals surface area contributed by atoms with Crippen molar-refractivity contribution in [1.82, 2.24) is 9.88 Å². The van der Waals surface area contributed by atoms with Crippen LogP contribution >= 0.6 is 0 Å². The number of hydrogen-bond donors (Lipinski definition) is 1. The van der Waals surface area contributed by atoms with Gasteiger partial charge < -0.3 is 14.5 Å². The largest absolute Gasteiger partial charge is 0.444 e. The number of ether oxygens (including phenoxy) is 2. The van der Waals surface area contributed by atoms with E-state index in [2.05, 4.69) is 17.1 Å². The summed E-state index contributed by atoms with van der Waals surface area (Å²) in [5.74, 6) is 0. The van der Waals surface area contributed by atoms with Crippen molar-refractivity contribution in [2.75, 3.05) is 6.61 Å². The minimum atomic E-state index is -0.668. The number of hydrogen-bond acceptors (Lipinski definition) is 3. The molecule has 0 saturated carbocycles. The van der Waals surface area contributed by atoms with Crippen LogP contribution in [0.3, 0.4) is 0 Å². The number of aromatic amines is 1. The first-order chi connectivity index (χ1) is 11.2.